The number of benzene rings is 1. The van der Waals surface area contributed by atoms with Gasteiger partial charge in [0.1, 0.15) is 5.75 Å². The highest BCUT2D eigenvalue weighted by Gasteiger charge is 1.90. The Morgan fingerprint density at radius 1 is 1.13 bits per heavy atom. The minimum atomic E-state index is 0.214. The van der Waals surface area contributed by atoms with E-state index in [0.29, 0.717) is 5.69 Å². The van der Waals surface area contributed by atoms with E-state index in [2.05, 4.69) is 9.98 Å². The minimum Gasteiger partial charge on any atom is -0.508 e. The van der Waals surface area contributed by atoms with Gasteiger partial charge in [-0.15, -0.1) is 0 Å². The summed E-state index contributed by atoms with van der Waals surface area (Å²) < 4.78 is 0. The molecule has 0 amide bonds. The second-order valence-corrected chi connectivity index (χ2v) is 3.03. The Morgan fingerprint density at radius 3 is 2.80 bits per heavy atom. The number of aliphatic imine (C=N–C) groups is 1. The molecular formula is C12H10N2O. The number of pyridine rings is 1. The van der Waals surface area contributed by atoms with Crippen LogP contribution in [0.25, 0.3) is 0 Å². The van der Waals surface area contributed by atoms with Crippen molar-refractivity contribution in [3.63, 3.8) is 0 Å². The van der Waals surface area contributed by atoms with Gasteiger partial charge in [-0.05, 0) is 24.3 Å². The first-order valence-corrected chi connectivity index (χ1v) is 4.59. The van der Waals surface area contributed by atoms with Crippen LogP contribution in [0.5, 0.6) is 5.75 Å². The van der Waals surface area contributed by atoms with Gasteiger partial charge in [-0.25, -0.2) is 0 Å². The molecule has 3 heteroatoms. The van der Waals surface area contributed by atoms with Crippen LogP contribution in [-0.4, -0.2) is 16.3 Å². The zero-order chi connectivity index (χ0) is 10.5. The molecule has 2 aromatic rings. The van der Waals surface area contributed by atoms with E-state index in [4.69, 9.17) is 0 Å². The quantitative estimate of drug-likeness (QED) is 0.753. The Morgan fingerprint density at radius 2 is 2.07 bits per heavy atom. The third-order valence-electron chi connectivity index (χ3n) is 1.86. The van der Waals surface area contributed by atoms with Crippen molar-refractivity contribution in [3.05, 3.63) is 54.4 Å². The van der Waals surface area contributed by atoms with Crippen LogP contribution < -0.4 is 0 Å². The van der Waals surface area contributed by atoms with Gasteiger partial charge in [0.2, 0.25) is 0 Å². The fourth-order valence-corrected chi connectivity index (χ4v) is 1.17. The highest BCUT2D eigenvalue weighted by molar-refractivity contribution is 5.79. The van der Waals surface area contributed by atoms with Gasteiger partial charge in [-0.2, -0.15) is 0 Å². The van der Waals surface area contributed by atoms with Gasteiger partial charge in [-0.3, -0.25) is 9.98 Å². The molecule has 0 aliphatic carbocycles. The van der Waals surface area contributed by atoms with E-state index in [0.717, 1.165) is 5.69 Å². The number of aromatic hydroxyl groups is 1. The fraction of sp³-hybridized carbons (Fsp3) is 0. The molecule has 1 aromatic carbocycles. The third-order valence-corrected chi connectivity index (χ3v) is 1.86. The van der Waals surface area contributed by atoms with Crippen molar-refractivity contribution < 1.29 is 5.11 Å². The molecule has 1 N–H and O–H groups in total. The van der Waals surface area contributed by atoms with Crippen molar-refractivity contribution in [1.29, 1.82) is 0 Å². The molecule has 15 heavy (non-hydrogen) atoms. The van der Waals surface area contributed by atoms with Crippen LogP contribution in [0, 0.1) is 0 Å². The first kappa shape index (κ1) is 9.40. The Hall–Kier alpha value is -2.16. The van der Waals surface area contributed by atoms with Crippen molar-refractivity contribution in [3.8, 4) is 5.75 Å². The average Bonchev–Trinajstić information content (AvgIpc) is 2.28. The van der Waals surface area contributed by atoms with Crippen LogP contribution in [-0.2, 0) is 0 Å². The highest BCUT2D eigenvalue weighted by Crippen LogP contribution is 2.17. The SMILES string of the molecule is Oc1cccc(N=Cc2ccccn2)c1. The molecule has 0 saturated heterocycles. The molecule has 3 nitrogen and oxygen atoms in total. The highest BCUT2D eigenvalue weighted by atomic mass is 16.3. The normalized spacial score (nSPS) is 10.7. The molecule has 2 rings (SSSR count). The molecule has 0 spiro atoms. The van der Waals surface area contributed by atoms with Gasteiger partial charge >= 0.3 is 0 Å². The predicted molar refractivity (Wildman–Crippen MR) is 59.6 cm³/mol. The lowest BCUT2D eigenvalue weighted by Gasteiger charge is -1.94. The number of hydrogen-bond acceptors (Lipinski definition) is 3. The summed E-state index contributed by atoms with van der Waals surface area (Å²) in [6.07, 6.45) is 3.37. The summed E-state index contributed by atoms with van der Waals surface area (Å²) in [5.74, 6) is 0.214. The molecule has 1 aromatic heterocycles. The Kier molecular flexibility index (Phi) is 2.74. The van der Waals surface area contributed by atoms with Crippen molar-refractivity contribution in [1.82, 2.24) is 4.98 Å². The predicted octanol–water partition coefficient (Wildman–Crippen LogP) is 2.54. The van der Waals surface area contributed by atoms with Gasteiger partial charge < -0.3 is 5.11 Å². The second kappa shape index (κ2) is 4.37. The summed E-state index contributed by atoms with van der Waals surface area (Å²) in [5, 5.41) is 9.22. The maximum Gasteiger partial charge on any atom is 0.117 e. The Balaban J connectivity index is 2.19. The van der Waals surface area contributed by atoms with Gasteiger partial charge in [0.25, 0.3) is 0 Å². The lowest BCUT2D eigenvalue weighted by Crippen LogP contribution is -1.83. The molecule has 0 radical (unpaired) electrons. The van der Waals surface area contributed by atoms with Gasteiger partial charge in [0, 0.05) is 12.3 Å². The Bertz CT molecular complexity index is 466. The number of nitrogens with zero attached hydrogens (tertiary/aromatic N) is 2. The molecule has 0 fully saturated rings. The zero-order valence-electron chi connectivity index (χ0n) is 8.04. The van der Waals surface area contributed by atoms with E-state index in [1.165, 1.54) is 0 Å². The van der Waals surface area contributed by atoms with Crippen molar-refractivity contribution in [2.45, 2.75) is 0 Å². The first-order chi connectivity index (χ1) is 7.34. The minimum absolute atomic E-state index is 0.214. The standard InChI is InChI=1S/C12H10N2O/c15-12-6-3-5-10(8-12)14-9-11-4-1-2-7-13-11/h1-9,15H. The topological polar surface area (TPSA) is 45.5 Å². The van der Waals surface area contributed by atoms with Crippen molar-refractivity contribution in [2.24, 2.45) is 4.99 Å². The summed E-state index contributed by atoms with van der Waals surface area (Å²) in [6, 6.07) is 12.4. The van der Waals surface area contributed by atoms with Crippen LogP contribution in [0.15, 0.2) is 53.7 Å². The molecule has 0 saturated carbocycles. The molecule has 0 bridgehead atoms. The van der Waals surface area contributed by atoms with Crippen LogP contribution in [0.3, 0.4) is 0 Å². The van der Waals surface area contributed by atoms with E-state index in [1.54, 1.807) is 30.6 Å². The number of phenolic OH excluding ortho intramolecular Hbond substituents is 1. The maximum absolute atomic E-state index is 9.22. The zero-order valence-corrected chi connectivity index (χ0v) is 8.04. The molecule has 0 unspecified atom stereocenters. The van der Waals surface area contributed by atoms with Crippen molar-refractivity contribution >= 4 is 11.9 Å². The lowest BCUT2D eigenvalue weighted by atomic mass is 10.3. The average molecular weight is 198 g/mol. The third kappa shape index (κ3) is 2.64. The fourth-order valence-electron chi connectivity index (χ4n) is 1.17. The smallest absolute Gasteiger partial charge is 0.117 e. The number of rotatable bonds is 2. The van der Waals surface area contributed by atoms with E-state index in [1.807, 2.05) is 24.3 Å². The van der Waals surface area contributed by atoms with Crippen LogP contribution in [0.1, 0.15) is 5.69 Å². The van der Waals surface area contributed by atoms with E-state index in [9.17, 15) is 5.11 Å². The van der Waals surface area contributed by atoms with Crippen LogP contribution in [0.4, 0.5) is 5.69 Å². The summed E-state index contributed by atoms with van der Waals surface area (Å²) in [6.45, 7) is 0. The monoisotopic (exact) mass is 198 g/mol. The summed E-state index contributed by atoms with van der Waals surface area (Å²) in [4.78, 5) is 8.29. The lowest BCUT2D eigenvalue weighted by molar-refractivity contribution is 0.475. The second-order valence-electron chi connectivity index (χ2n) is 3.03. The molecule has 74 valence electrons. The van der Waals surface area contributed by atoms with Gasteiger partial charge in [-0.1, -0.05) is 12.1 Å². The van der Waals surface area contributed by atoms with E-state index in [-0.39, 0.29) is 5.75 Å². The summed E-state index contributed by atoms with van der Waals surface area (Å²) in [7, 11) is 0. The van der Waals surface area contributed by atoms with Crippen LogP contribution >= 0.6 is 0 Å². The molecular weight excluding hydrogens is 188 g/mol. The molecule has 1 heterocycles. The summed E-state index contributed by atoms with van der Waals surface area (Å²) >= 11 is 0. The molecule has 0 atom stereocenters. The number of phenols is 1. The first-order valence-electron chi connectivity index (χ1n) is 4.59. The van der Waals surface area contributed by atoms with E-state index < -0.39 is 0 Å². The molecule has 0 aliphatic heterocycles. The summed E-state index contributed by atoms with van der Waals surface area (Å²) in [5.41, 5.74) is 1.50. The maximum atomic E-state index is 9.22. The van der Waals surface area contributed by atoms with Gasteiger partial charge in [0.05, 0.1) is 17.6 Å². The van der Waals surface area contributed by atoms with Crippen LogP contribution in [0.2, 0.25) is 0 Å². The molecule has 0 aliphatic rings. The van der Waals surface area contributed by atoms with Crippen molar-refractivity contribution in [2.75, 3.05) is 0 Å². The largest absolute Gasteiger partial charge is 0.508 e. The number of hydrogen-bond donors (Lipinski definition) is 1. The van der Waals surface area contributed by atoms with Gasteiger partial charge in [0.15, 0.2) is 0 Å². The van der Waals surface area contributed by atoms with E-state index >= 15 is 0 Å². The number of aromatic nitrogens is 1. The Labute approximate surface area is 87.8 Å².